The van der Waals surface area contributed by atoms with Crippen LogP contribution in [0.25, 0.3) is 10.8 Å². The second-order valence-electron chi connectivity index (χ2n) is 6.51. The van der Waals surface area contributed by atoms with Crippen molar-refractivity contribution >= 4 is 81.2 Å². The van der Waals surface area contributed by atoms with Crippen molar-refractivity contribution in [3.8, 4) is 0 Å². The van der Waals surface area contributed by atoms with Crippen LogP contribution >= 0.6 is 46.4 Å². The molecule has 0 unspecified atom stereocenters. The number of halogens is 4. The zero-order valence-electron chi connectivity index (χ0n) is 16.2. The Balaban J connectivity index is 1.54. The average molecular weight is 504 g/mol. The van der Waals surface area contributed by atoms with Crippen LogP contribution in [0.15, 0.2) is 70.9 Å². The van der Waals surface area contributed by atoms with Crippen LogP contribution in [0.2, 0.25) is 20.1 Å². The van der Waals surface area contributed by atoms with Crippen LogP contribution in [0, 0.1) is 0 Å². The summed E-state index contributed by atoms with van der Waals surface area (Å²) in [6.07, 6.45) is 3.17. The van der Waals surface area contributed by atoms with Crippen molar-refractivity contribution in [3.05, 3.63) is 91.9 Å². The number of benzene rings is 3. The normalized spacial score (nSPS) is 11.5. The molecule has 0 aliphatic rings. The molecule has 0 saturated carbocycles. The molecule has 0 aliphatic carbocycles. The lowest BCUT2D eigenvalue weighted by Gasteiger charge is -2.08. The first kappa shape index (κ1) is 22.3. The Morgan fingerprint density at radius 1 is 0.625 bits per heavy atom. The Bertz CT molecular complexity index is 1240. The molecule has 6 nitrogen and oxygen atoms in total. The van der Waals surface area contributed by atoms with Crippen molar-refractivity contribution < 1.29 is 0 Å². The Kier molecular flexibility index (Phi) is 7.07. The van der Waals surface area contributed by atoms with Gasteiger partial charge in [0.2, 0.25) is 0 Å². The summed E-state index contributed by atoms with van der Waals surface area (Å²) in [7, 11) is 0. The summed E-state index contributed by atoms with van der Waals surface area (Å²) in [5.74, 6) is 0.967. The third kappa shape index (κ3) is 5.29. The first-order valence-corrected chi connectivity index (χ1v) is 10.8. The molecule has 4 rings (SSSR count). The van der Waals surface area contributed by atoms with Gasteiger partial charge in [-0.15, -0.1) is 10.2 Å². The highest BCUT2D eigenvalue weighted by molar-refractivity contribution is 6.36. The van der Waals surface area contributed by atoms with Crippen LogP contribution in [0.3, 0.4) is 0 Å². The van der Waals surface area contributed by atoms with Gasteiger partial charge in [0.05, 0.1) is 22.5 Å². The minimum Gasteiger partial charge on any atom is -0.259 e. The summed E-state index contributed by atoms with van der Waals surface area (Å²) >= 11 is 24.2. The molecule has 1 aromatic heterocycles. The van der Waals surface area contributed by atoms with Crippen LogP contribution in [-0.4, -0.2) is 22.6 Å². The first-order valence-electron chi connectivity index (χ1n) is 9.25. The molecule has 32 heavy (non-hydrogen) atoms. The van der Waals surface area contributed by atoms with Gasteiger partial charge in [0, 0.05) is 31.9 Å². The third-order valence-corrected chi connectivity index (χ3v) is 5.49. The SMILES string of the molecule is Clc1ccc(C=NNc2nnc(NN=Cc3ccc(Cl)cc3Cl)c3ccccc23)c(Cl)c1. The zero-order chi connectivity index (χ0) is 22.5. The molecule has 0 amide bonds. The van der Waals surface area contributed by atoms with E-state index in [2.05, 4.69) is 31.3 Å². The van der Waals surface area contributed by atoms with Crippen molar-refractivity contribution in [3.63, 3.8) is 0 Å². The van der Waals surface area contributed by atoms with Crippen molar-refractivity contribution in [2.45, 2.75) is 0 Å². The smallest absolute Gasteiger partial charge is 0.176 e. The van der Waals surface area contributed by atoms with Gasteiger partial charge < -0.3 is 0 Å². The van der Waals surface area contributed by atoms with E-state index in [9.17, 15) is 0 Å². The number of hydrazone groups is 2. The summed E-state index contributed by atoms with van der Waals surface area (Å²) in [4.78, 5) is 0. The van der Waals surface area contributed by atoms with Crippen molar-refractivity contribution in [2.75, 3.05) is 10.9 Å². The predicted molar refractivity (Wildman–Crippen MR) is 135 cm³/mol. The molecule has 0 radical (unpaired) electrons. The molecule has 0 atom stereocenters. The highest BCUT2D eigenvalue weighted by Gasteiger charge is 2.08. The predicted octanol–water partition coefficient (Wildman–Crippen LogP) is 7.14. The van der Waals surface area contributed by atoms with Gasteiger partial charge in [0.1, 0.15) is 0 Å². The van der Waals surface area contributed by atoms with E-state index >= 15 is 0 Å². The van der Waals surface area contributed by atoms with E-state index in [1.54, 1.807) is 48.8 Å². The molecule has 0 aliphatic heterocycles. The second-order valence-corrected chi connectivity index (χ2v) is 8.20. The molecule has 1 heterocycles. The van der Waals surface area contributed by atoms with Crippen molar-refractivity contribution in [2.24, 2.45) is 10.2 Å². The lowest BCUT2D eigenvalue weighted by molar-refractivity contribution is 1.03. The maximum absolute atomic E-state index is 6.17. The van der Waals surface area contributed by atoms with E-state index in [-0.39, 0.29) is 0 Å². The molecule has 0 spiro atoms. The third-order valence-electron chi connectivity index (χ3n) is 4.36. The van der Waals surface area contributed by atoms with E-state index in [0.29, 0.717) is 42.9 Å². The number of rotatable bonds is 6. The molecule has 160 valence electrons. The van der Waals surface area contributed by atoms with Crippen LogP contribution in [0.4, 0.5) is 11.6 Å². The summed E-state index contributed by atoms with van der Waals surface area (Å²) < 4.78 is 0. The minimum atomic E-state index is 0.484. The molecule has 0 fully saturated rings. The maximum Gasteiger partial charge on any atom is 0.176 e. The van der Waals surface area contributed by atoms with E-state index < -0.39 is 0 Å². The van der Waals surface area contributed by atoms with E-state index in [0.717, 1.165) is 10.8 Å². The molecule has 3 aromatic carbocycles. The monoisotopic (exact) mass is 502 g/mol. The van der Waals surface area contributed by atoms with Crippen LogP contribution < -0.4 is 10.9 Å². The van der Waals surface area contributed by atoms with Gasteiger partial charge in [-0.1, -0.05) is 82.8 Å². The molecule has 10 heteroatoms. The van der Waals surface area contributed by atoms with Gasteiger partial charge in [-0.2, -0.15) is 10.2 Å². The highest BCUT2D eigenvalue weighted by Crippen LogP contribution is 2.26. The standard InChI is InChI=1S/C22H14Cl4N6/c23-15-7-5-13(19(25)9-15)11-27-29-21-17-3-1-2-4-18(17)22(32-31-21)30-28-12-14-6-8-16(24)10-20(14)26/h1-12H,(H,29,31)(H,30,32). The van der Waals surface area contributed by atoms with Crippen molar-refractivity contribution in [1.29, 1.82) is 0 Å². The van der Waals surface area contributed by atoms with Gasteiger partial charge in [-0.05, 0) is 24.3 Å². The highest BCUT2D eigenvalue weighted by atomic mass is 35.5. The van der Waals surface area contributed by atoms with Crippen LogP contribution in [0.5, 0.6) is 0 Å². The number of hydrogen-bond acceptors (Lipinski definition) is 6. The molecular formula is C22H14Cl4N6. The summed E-state index contributed by atoms with van der Waals surface area (Å²) in [6.45, 7) is 0. The molecule has 0 bridgehead atoms. The summed E-state index contributed by atoms with van der Waals surface area (Å²) in [5.41, 5.74) is 7.25. The maximum atomic E-state index is 6.17. The van der Waals surface area contributed by atoms with E-state index in [1.807, 2.05) is 24.3 Å². The van der Waals surface area contributed by atoms with Gasteiger partial charge in [-0.3, -0.25) is 10.9 Å². The minimum absolute atomic E-state index is 0.484. The number of nitrogens with one attached hydrogen (secondary N) is 2. The van der Waals surface area contributed by atoms with Crippen LogP contribution in [-0.2, 0) is 0 Å². The number of aromatic nitrogens is 2. The lowest BCUT2D eigenvalue weighted by Crippen LogP contribution is -2.01. The Morgan fingerprint density at radius 2 is 1.06 bits per heavy atom. The number of fused-ring (bicyclic) bond motifs is 1. The Labute approximate surface area is 203 Å². The molecule has 4 aromatic rings. The van der Waals surface area contributed by atoms with Gasteiger partial charge in [-0.25, -0.2) is 0 Å². The van der Waals surface area contributed by atoms with E-state index in [1.165, 1.54) is 0 Å². The zero-order valence-corrected chi connectivity index (χ0v) is 19.3. The Hall–Kier alpha value is -2.90. The van der Waals surface area contributed by atoms with E-state index in [4.69, 9.17) is 46.4 Å². The fourth-order valence-corrected chi connectivity index (χ4v) is 3.72. The lowest BCUT2D eigenvalue weighted by atomic mass is 10.2. The molecule has 0 saturated heterocycles. The number of anilines is 2. The first-order chi connectivity index (χ1) is 15.5. The topological polar surface area (TPSA) is 74.6 Å². The summed E-state index contributed by atoms with van der Waals surface area (Å²) in [5, 5.41) is 20.6. The summed E-state index contributed by atoms with van der Waals surface area (Å²) in [6, 6.07) is 17.9. The van der Waals surface area contributed by atoms with Gasteiger partial charge in [0.25, 0.3) is 0 Å². The number of hydrogen-bond donors (Lipinski definition) is 2. The number of nitrogens with zero attached hydrogens (tertiary/aromatic N) is 4. The fraction of sp³-hybridized carbons (Fsp3) is 0. The second kappa shape index (κ2) is 10.1. The molecular weight excluding hydrogens is 490 g/mol. The quantitative estimate of drug-likeness (QED) is 0.216. The fourth-order valence-electron chi connectivity index (χ4n) is 2.81. The largest absolute Gasteiger partial charge is 0.259 e. The van der Waals surface area contributed by atoms with Gasteiger partial charge in [0.15, 0.2) is 11.6 Å². The molecule has 2 N–H and O–H groups in total. The van der Waals surface area contributed by atoms with Crippen molar-refractivity contribution in [1.82, 2.24) is 10.2 Å². The van der Waals surface area contributed by atoms with Gasteiger partial charge >= 0.3 is 0 Å². The van der Waals surface area contributed by atoms with Crippen LogP contribution in [0.1, 0.15) is 11.1 Å². The Morgan fingerprint density at radius 3 is 1.47 bits per heavy atom. The average Bonchev–Trinajstić information content (AvgIpc) is 2.77.